The van der Waals surface area contributed by atoms with Crippen LogP contribution in [0.4, 0.5) is 4.79 Å². The fourth-order valence-corrected chi connectivity index (χ4v) is 1.09. The summed E-state index contributed by atoms with van der Waals surface area (Å²) >= 11 is 0. The second-order valence-corrected chi connectivity index (χ2v) is 3.26. The molecule has 0 heterocycles. The number of carboxylic acid groups (broad SMARTS) is 1. The van der Waals surface area contributed by atoms with Crippen LogP contribution < -0.4 is 29.3 Å². The van der Waals surface area contributed by atoms with Crippen molar-refractivity contribution >= 4 is 12.1 Å². The van der Waals surface area contributed by atoms with Crippen LogP contribution in [-0.2, 0) is 16.1 Å². The number of ether oxygens (including phenoxy) is 1. The summed E-state index contributed by atoms with van der Waals surface area (Å²) in [6.07, 6.45) is -0.919. The molecule has 0 aromatic heterocycles. The fraction of sp³-hybridized carbons (Fsp3) is 0.273. The number of nitrogens with one attached hydrogen (secondary N) is 1. The number of rotatable bonds is 5. The second kappa shape index (κ2) is 8.59. The molecule has 6 nitrogen and oxygen atoms in total. The number of hydrogen-bond donors (Lipinski definition) is 2. The van der Waals surface area contributed by atoms with Gasteiger partial charge < -0.3 is 25.1 Å². The number of hydrogen-bond acceptors (Lipinski definition) is 5. The van der Waals surface area contributed by atoms with E-state index in [2.05, 4.69) is 0 Å². The van der Waals surface area contributed by atoms with Crippen LogP contribution >= 0.6 is 0 Å². The number of benzene rings is 1. The standard InChI is InChI=1S/C11H13NO5.Li/c13-6-9(10(14)15)12-11(16)17-7-8-4-2-1-3-5-8;/h1-5,9,13H,6-7H2,(H,12,16)(H,14,15);/q;+1/p-1/t9-;/m0./s1. The van der Waals surface area contributed by atoms with Gasteiger partial charge in [0, 0.05) is 0 Å². The summed E-state index contributed by atoms with van der Waals surface area (Å²) < 4.78 is 4.76. The molecule has 92 valence electrons. The van der Waals surface area contributed by atoms with Crippen LogP contribution in [0.3, 0.4) is 0 Å². The van der Waals surface area contributed by atoms with Crippen molar-refractivity contribution in [1.29, 1.82) is 0 Å². The topological polar surface area (TPSA) is 98.7 Å². The predicted molar refractivity (Wildman–Crippen MR) is 55.6 cm³/mol. The Bertz CT molecular complexity index is 384. The van der Waals surface area contributed by atoms with Crippen LogP contribution in [0.15, 0.2) is 30.3 Å². The van der Waals surface area contributed by atoms with Crippen LogP contribution in [0.1, 0.15) is 5.56 Å². The zero-order valence-electron chi connectivity index (χ0n) is 9.96. The number of aliphatic hydroxyl groups excluding tert-OH is 1. The number of carbonyl (C=O) groups excluding carboxylic acids is 2. The van der Waals surface area contributed by atoms with Gasteiger partial charge in [-0.15, -0.1) is 0 Å². The molecule has 0 spiro atoms. The van der Waals surface area contributed by atoms with Crippen molar-refractivity contribution in [3.05, 3.63) is 35.9 Å². The molecule has 0 aliphatic heterocycles. The molecule has 0 aliphatic carbocycles. The van der Waals surface area contributed by atoms with E-state index in [0.717, 1.165) is 5.56 Å². The number of amides is 1. The predicted octanol–water partition coefficient (Wildman–Crippen LogP) is -3.97. The Morgan fingerprint density at radius 2 is 1.94 bits per heavy atom. The van der Waals surface area contributed by atoms with Crippen molar-refractivity contribution in [3.63, 3.8) is 0 Å². The molecule has 0 radical (unpaired) electrons. The van der Waals surface area contributed by atoms with Crippen LogP contribution in [0.5, 0.6) is 0 Å². The van der Waals surface area contributed by atoms with E-state index in [1.54, 1.807) is 24.3 Å². The van der Waals surface area contributed by atoms with Gasteiger partial charge in [0.25, 0.3) is 0 Å². The molecule has 2 N–H and O–H groups in total. The van der Waals surface area contributed by atoms with E-state index in [4.69, 9.17) is 9.84 Å². The van der Waals surface area contributed by atoms with Crippen molar-refractivity contribution in [2.45, 2.75) is 12.6 Å². The Balaban J connectivity index is 0.00000289. The first-order valence-electron chi connectivity index (χ1n) is 4.92. The molecular weight excluding hydrogens is 233 g/mol. The van der Waals surface area contributed by atoms with Gasteiger partial charge in [-0.2, -0.15) is 0 Å². The van der Waals surface area contributed by atoms with Crippen molar-refractivity contribution in [2.24, 2.45) is 0 Å². The molecule has 7 heteroatoms. The van der Waals surface area contributed by atoms with Gasteiger partial charge >= 0.3 is 25.0 Å². The first kappa shape index (κ1) is 16.5. The summed E-state index contributed by atoms with van der Waals surface area (Å²) in [5, 5.41) is 21.0. The van der Waals surface area contributed by atoms with Gasteiger partial charge in [-0.1, -0.05) is 30.3 Å². The number of carboxylic acids is 1. The van der Waals surface area contributed by atoms with E-state index in [0.29, 0.717) is 0 Å². The van der Waals surface area contributed by atoms with E-state index in [-0.39, 0.29) is 25.5 Å². The average Bonchev–Trinajstić information content (AvgIpc) is 2.34. The fourth-order valence-electron chi connectivity index (χ4n) is 1.09. The van der Waals surface area contributed by atoms with Crippen LogP contribution in [-0.4, -0.2) is 29.8 Å². The number of aliphatic carboxylic acids is 1. The van der Waals surface area contributed by atoms with Crippen molar-refractivity contribution in [3.8, 4) is 0 Å². The van der Waals surface area contributed by atoms with Crippen LogP contribution in [0, 0.1) is 0 Å². The van der Waals surface area contributed by atoms with Crippen molar-refractivity contribution in [1.82, 2.24) is 5.32 Å². The summed E-state index contributed by atoms with van der Waals surface area (Å²) in [6.45, 7) is -0.722. The van der Waals surface area contributed by atoms with Gasteiger partial charge in [0.05, 0.1) is 18.6 Å². The second-order valence-electron chi connectivity index (χ2n) is 3.26. The molecule has 0 saturated carbocycles. The largest absolute Gasteiger partial charge is 1.00 e. The van der Waals surface area contributed by atoms with Gasteiger partial charge in [0.15, 0.2) is 0 Å². The molecular formula is C11H12LiNO5. The Kier molecular flexibility index (Phi) is 7.88. The smallest absolute Gasteiger partial charge is 0.548 e. The molecule has 0 bridgehead atoms. The van der Waals surface area contributed by atoms with Gasteiger partial charge in [0.2, 0.25) is 0 Å². The Morgan fingerprint density at radius 3 is 2.44 bits per heavy atom. The molecule has 1 rings (SSSR count). The first-order chi connectivity index (χ1) is 8.13. The summed E-state index contributed by atoms with van der Waals surface area (Å²) in [7, 11) is 0. The van der Waals surface area contributed by atoms with E-state index >= 15 is 0 Å². The molecule has 18 heavy (non-hydrogen) atoms. The summed E-state index contributed by atoms with van der Waals surface area (Å²) in [6, 6.07) is 7.45. The van der Waals surface area contributed by atoms with E-state index < -0.39 is 24.7 Å². The molecule has 0 fully saturated rings. The molecule has 1 atom stereocenters. The monoisotopic (exact) mass is 245 g/mol. The summed E-state index contributed by atoms with van der Waals surface area (Å²) in [5.41, 5.74) is 0.775. The minimum absolute atomic E-state index is 0. The maximum Gasteiger partial charge on any atom is 1.00 e. The van der Waals surface area contributed by atoms with Crippen molar-refractivity contribution < 1.29 is 43.4 Å². The SMILES string of the molecule is O=C(N[C@@H](CO)C(=O)[O-])OCc1ccccc1.[Li+]. The zero-order chi connectivity index (χ0) is 12.7. The molecule has 0 aliphatic rings. The van der Waals surface area contributed by atoms with Gasteiger partial charge in [-0.25, -0.2) is 4.79 Å². The first-order valence-corrected chi connectivity index (χ1v) is 4.92. The van der Waals surface area contributed by atoms with Crippen LogP contribution in [0.25, 0.3) is 0 Å². The Morgan fingerprint density at radius 1 is 1.33 bits per heavy atom. The third-order valence-corrected chi connectivity index (χ3v) is 1.97. The van der Waals surface area contributed by atoms with Crippen LogP contribution in [0.2, 0.25) is 0 Å². The molecule has 1 aromatic rings. The normalized spacial score (nSPS) is 10.9. The maximum absolute atomic E-state index is 11.2. The minimum Gasteiger partial charge on any atom is -0.548 e. The third-order valence-electron chi connectivity index (χ3n) is 1.97. The van der Waals surface area contributed by atoms with Gasteiger partial charge in [-0.05, 0) is 5.56 Å². The molecule has 1 aromatic carbocycles. The summed E-state index contributed by atoms with van der Waals surface area (Å²) in [4.78, 5) is 21.6. The Hall–Kier alpha value is -1.48. The number of alkyl carbamates (subject to hydrolysis) is 1. The zero-order valence-corrected chi connectivity index (χ0v) is 9.96. The Labute approximate surface area is 116 Å². The summed E-state index contributed by atoms with van der Waals surface area (Å²) in [5.74, 6) is -1.57. The number of carbonyl (C=O) groups is 2. The maximum atomic E-state index is 11.2. The third kappa shape index (κ3) is 5.73. The average molecular weight is 245 g/mol. The van der Waals surface area contributed by atoms with Gasteiger partial charge in [0.1, 0.15) is 6.61 Å². The molecule has 0 unspecified atom stereocenters. The quantitative estimate of drug-likeness (QED) is 0.515. The van der Waals surface area contributed by atoms with E-state index in [1.807, 2.05) is 11.4 Å². The van der Waals surface area contributed by atoms with Gasteiger partial charge in [-0.3, -0.25) is 0 Å². The van der Waals surface area contributed by atoms with E-state index in [9.17, 15) is 14.7 Å². The number of aliphatic hydroxyl groups is 1. The molecule has 1 amide bonds. The minimum atomic E-state index is -1.57. The van der Waals surface area contributed by atoms with Crippen molar-refractivity contribution in [2.75, 3.05) is 6.61 Å². The molecule has 0 saturated heterocycles. The van der Waals surface area contributed by atoms with E-state index in [1.165, 1.54) is 0 Å².